The standard InChI is InChI=1S/C19H14F3N7O/c1-10-17-13(11-2-4-12(5-3-11)19(20,21)22)8-16(30)24-18(17)29(26-10)15-7-6-14-25-23-9-28(14)27-15/h2-7,9,13H,8H2,1H3,(H,24,30)/t13-/m0/s1. The summed E-state index contributed by atoms with van der Waals surface area (Å²) in [6.07, 6.45) is -2.85. The number of aryl methyl sites for hydroxylation is 1. The summed E-state index contributed by atoms with van der Waals surface area (Å²) < 4.78 is 41.7. The van der Waals surface area contributed by atoms with Crippen molar-refractivity contribution in [2.75, 3.05) is 5.32 Å². The van der Waals surface area contributed by atoms with Gasteiger partial charge in [0.1, 0.15) is 12.1 Å². The third kappa shape index (κ3) is 2.90. The Balaban J connectivity index is 1.61. The largest absolute Gasteiger partial charge is 0.416 e. The summed E-state index contributed by atoms with van der Waals surface area (Å²) in [6.45, 7) is 1.79. The number of carbonyl (C=O) groups excluding carboxylic acids is 1. The third-order valence-corrected chi connectivity index (χ3v) is 5.11. The van der Waals surface area contributed by atoms with E-state index in [4.69, 9.17) is 0 Å². The van der Waals surface area contributed by atoms with E-state index in [2.05, 4.69) is 25.7 Å². The third-order valence-electron chi connectivity index (χ3n) is 5.11. The summed E-state index contributed by atoms with van der Waals surface area (Å²) in [5.41, 5.74) is 1.85. The van der Waals surface area contributed by atoms with Gasteiger partial charge in [-0.25, -0.2) is 0 Å². The molecule has 152 valence electrons. The number of amides is 1. The highest BCUT2D eigenvalue weighted by Crippen LogP contribution is 2.40. The lowest BCUT2D eigenvalue weighted by Crippen LogP contribution is -2.25. The Morgan fingerprint density at radius 1 is 1.10 bits per heavy atom. The summed E-state index contributed by atoms with van der Waals surface area (Å²) in [4.78, 5) is 12.4. The molecule has 1 aromatic carbocycles. The summed E-state index contributed by atoms with van der Waals surface area (Å²) in [5, 5.41) is 19.4. The van der Waals surface area contributed by atoms with Crippen molar-refractivity contribution in [1.29, 1.82) is 0 Å². The van der Waals surface area contributed by atoms with Gasteiger partial charge < -0.3 is 5.32 Å². The van der Waals surface area contributed by atoms with Crippen LogP contribution in [0.25, 0.3) is 11.5 Å². The zero-order valence-corrected chi connectivity index (χ0v) is 15.6. The molecule has 11 heteroatoms. The Morgan fingerprint density at radius 3 is 2.60 bits per heavy atom. The second kappa shape index (κ2) is 6.37. The maximum atomic E-state index is 12.9. The fourth-order valence-electron chi connectivity index (χ4n) is 3.73. The van der Waals surface area contributed by atoms with Crippen LogP contribution in [0.4, 0.5) is 19.0 Å². The Kier molecular flexibility index (Phi) is 3.88. The minimum Gasteiger partial charge on any atom is -0.310 e. The zero-order chi connectivity index (χ0) is 21.0. The molecule has 1 atom stereocenters. The molecule has 1 amide bonds. The first-order valence-corrected chi connectivity index (χ1v) is 9.05. The smallest absolute Gasteiger partial charge is 0.310 e. The lowest BCUT2D eigenvalue weighted by atomic mass is 9.85. The molecule has 1 aliphatic rings. The first-order valence-electron chi connectivity index (χ1n) is 9.05. The number of anilines is 1. The van der Waals surface area contributed by atoms with Crippen molar-refractivity contribution in [3.63, 3.8) is 0 Å². The minimum absolute atomic E-state index is 0.114. The van der Waals surface area contributed by atoms with Crippen LogP contribution in [0.15, 0.2) is 42.7 Å². The molecule has 5 rings (SSSR count). The van der Waals surface area contributed by atoms with E-state index in [0.717, 1.165) is 17.7 Å². The highest BCUT2D eigenvalue weighted by Gasteiger charge is 2.34. The van der Waals surface area contributed by atoms with Crippen molar-refractivity contribution < 1.29 is 18.0 Å². The SMILES string of the molecule is Cc1nn(-c2ccc3nncn3n2)c2c1[C@H](c1ccc(C(F)(F)F)cc1)CC(=O)N2. The Labute approximate surface area is 167 Å². The van der Waals surface area contributed by atoms with Gasteiger partial charge in [-0.2, -0.15) is 27.5 Å². The van der Waals surface area contributed by atoms with Gasteiger partial charge in [0.2, 0.25) is 5.91 Å². The first-order chi connectivity index (χ1) is 14.3. The molecule has 4 aromatic rings. The minimum atomic E-state index is -4.42. The van der Waals surface area contributed by atoms with E-state index in [1.807, 2.05) is 0 Å². The zero-order valence-electron chi connectivity index (χ0n) is 15.6. The molecule has 8 nitrogen and oxygen atoms in total. The van der Waals surface area contributed by atoms with Gasteiger partial charge in [0.25, 0.3) is 0 Å². The summed E-state index contributed by atoms with van der Waals surface area (Å²) in [5.74, 6) is 0.232. The van der Waals surface area contributed by atoms with Crippen LogP contribution in [-0.2, 0) is 11.0 Å². The molecule has 0 unspecified atom stereocenters. The maximum Gasteiger partial charge on any atom is 0.416 e. The number of fused-ring (bicyclic) bond motifs is 2. The molecule has 0 aliphatic carbocycles. The predicted molar refractivity (Wildman–Crippen MR) is 99.2 cm³/mol. The van der Waals surface area contributed by atoms with Crippen molar-refractivity contribution in [2.24, 2.45) is 0 Å². The molecule has 4 heterocycles. The molecule has 3 aromatic heterocycles. The normalized spacial score (nSPS) is 16.5. The van der Waals surface area contributed by atoms with Crippen LogP contribution >= 0.6 is 0 Å². The number of hydrogen-bond donors (Lipinski definition) is 1. The molecule has 0 fully saturated rings. The van der Waals surface area contributed by atoms with E-state index in [9.17, 15) is 18.0 Å². The number of benzene rings is 1. The van der Waals surface area contributed by atoms with Crippen LogP contribution in [0.2, 0.25) is 0 Å². The van der Waals surface area contributed by atoms with Gasteiger partial charge in [0.15, 0.2) is 11.5 Å². The van der Waals surface area contributed by atoms with Gasteiger partial charge in [-0.15, -0.1) is 15.3 Å². The van der Waals surface area contributed by atoms with Gasteiger partial charge in [0, 0.05) is 17.9 Å². The number of carbonyl (C=O) groups is 1. The molecular weight excluding hydrogens is 399 g/mol. The maximum absolute atomic E-state index is 12.9. The summed E-state index contributed by atoms with van der Waals surface area (Å²) in [6, 6.07) is 8.30. The van der Waals surface area contributed by atoms with Gasteiger partial charge in [-0.3, -0.25) is 4.79 Å². The van der Waals surface area contributed by atoms with Gasteiger partial charge in [-0.1, -0.05) is 12.1 Å². The highest BCUT2D eigenvalue weighted by atomic mass is 19.4. The topological polar surface area (TPSA) is 90.0 Å². The van der Waals surface area contributed by atoms with Crippen LogP contribution in [0.1, 0.15) is 34.7 Å². The van der Waals surface area contributed by atoms with E-state index < -0.39 is 17.7 Å². The molecular formula is C19H14F3N7O. The van der Waals surface area contributed by atoms with Crippen LogP contribution in [-0.4, -0.2) is 35.5 Å². The van der Waals surface area contributed by atoms with E-state index in [1.165, 1.54) is 27.7 Å². The second-order valence-corrected chi connectivity index (χ2v) is 7.01. The molecule has 0 spiro atoms. The molecule has 0 saturated heterocycles. The number of aromatic nitrogens is 6. The molecule has 0 bridgehead atoms. The Bertz CT molecular complexity index is 1270. The van der Waals surface area contributed by atoms with Crippen molar-refractivity contribution in [3.8, 4) is 5.82 Å². The van der Waals surface area contributed by atoms with Crippen molar-refractivity contribution in [1.82, 2.24) is 29.6 Å². The van der Waals surface area contributed by atoms with Crippen LogP contribution in [0.3, 0.4) is 0 Å². The van der Waals surface area contributed by atoms with Gasteiger partial charge >= 0.3 is 6.18 Å². The van der Waals surface area contributed by atoms with Gasteiger partial charge in [-0.05, 0) is 36.8 Å². The molecule has 30 heavy (non-hydrogen) atoms. The van der Waals surface area contributed by atoms with Crippen LogP contribution in [0.5, 0.6) is 0 Å². The van der Waals surface area contributed by atoms with Crippen molar-refractivity contribution in [2.45, 2.75) is 25.4 Å². The number of nitrogens with zero attached hydrogens (tertiary/aromatic N) is 6. The molecule has 0 radical (unpaired) electrons. The predicted octanol–water partition coefficient (Wildman–Crippen LogP) is 3.11. The average molecular weight is 413 g/mol. The van der Waals surface area contributed by atoms with Crippen LogP contribution in [0, 0.1) is 6.92 Å². The first kappa shape index (κ1) is 18.3. The van der Waals surface area contributed by atoms with E-state index >= 15 is 0 Å². The van der Waals surface area contributed by atoms with Crippen molar-refractivity contribution in [3.05, 3.63) is 65.1 Å². The highest BCUT2D eigenvalue weighted by molar-refractivity contribution is 5.95. The molecule has 1 N–H and O–H groups in total. The van der Waals surface area contributed by atoms with Gasteiger partial charge in [0.05, 0.1) is 11.3 Å². The summed E-state index contributed by atoms with van der Waals surface area (Å²) >= 11 is 0. The average Bonchev–Trinajstić information content (AvgIpc) is 3.30. The van der Waals surface area contributed by atoms with Crippen LogP contribution < -0.4 is 5.32 Å². The monoisotopic (exact) mass is 413 g/mol. The number of rotatable bonds is 2. The Hall–Kier alpha value is -3.76. The summed E-state index contributed by atoms with van der Waals surface area (Å²) in [7, 11) is 0. The number of halogens is 3. The fourth-order valence-corrected chi connectivity index (χ4v) is 3.73. The molecule has 0 saturated carbocycles. The van der Waals surface area contributed by atoms with E-state index in [-0.39, 0.29) is 12.3 Å². The van der Waals surface area contributed by atoms with E-state index in [1.54, 1.807) is 19.1 Å². The number of alkyl halides is 3. The lowest BCUT2D eigenvalue weighted by molar-refractivity contribution is -0.137. The quantitative estimate of drug-likeness (QED) is 0.545. The molecule has 1 aliphatic heterocycles. The lowest BCUT2D eigenvalue weighted by Gasteiger charge is -2.24. The second-order valence-electron chi connectivity index (χ2n) is 7.01. The fraction of sp³-hybridized carbons (Fsp3) is 0.211. The number of hydrogen-bond acceptors (Lipinski definition) is 5. The van der Waals surface area contributed by atoms with Crippen molar-refractivity contribution >= 4 is 17.4 Å². The Morgan fingerprint density at radius 2 is 1.87 bits per heavy atom. The van der Waals surface area contributed by atoms with E-state index in [0.29, 0.717) is 28.5 Å². The number of nitrogens with one attached hydrogen (secondary N) is 1.